The molecule has 0 radical (unpaired) electrons. The normalized spacial score (nSPS) is 15.6. The van der Waals surface area contributed by atoms with Gasteiger partial charge in [-0.15, -0.1) is 0 Å². The molecule has 8 nitrogen and oxygen atoms in total. The Bertz CT molecular complexity index is 1240. The number of nitrogens with one attached hydrogen (secondary N) is 1. The zero-order chi connectivity index (χ0) is 40.0. The van der Waals surface area contributed by atoms with Gasteiger partial charge in [0.15, 0.2) is 0 Å². The molecule has 9 heteroatoms. The number of rotatable bonds is 34. The Kier molecular flexibility index (Phi) is 34.0. The summed E-state index contributed by atoms with van der Waals surface area (Å²) >= 11 is 0. The standard InChI is InChI=1S/C45H75N2O6P/c1-6-8-10-12-14-16-18-20-21-22-23-24-25-27-29-31-33-35-37-39-45(49)46-43(42-53-54(50,51)52-41-40-47(3,4)5)44(48)38-36-34-32-30-28-26-19-17-15-13-11-9-7-2/h8,10,14-17,20-21,23-24,27-30,33,35-36,38,43-44,48H,6-7,9,11-13,18-19,22,25-26,31-32,34,37,39-42H2,1-5H3,(H-,46,49,50,51)/b10-8-,16-14-,17-15+,21-20-,24-23-,29-27-,30-28+,35-33-,38-36+. The van der Waals surface area contributed by atoms with Gasteiger partial charge in [-0.25, -0.2) is 0 Å². The van der Waals surface area contributed by atoms with Crippen molar-refractivity contribution in [3.05, 3.63) is 109 Å². The minimum atomic E-state index is -4.62. The third-order valence-electron chi connectivity index (χ3n) is 7.96. The average molecular weight is 771 g/mol. The fourth-order valence-electron chi connectivity index (χ4n) is 4.73. The van der Waals surface area contributed by atoms with Gasteiger partial charge in [-0.3, -0.25) is 9.36 Å². The van der Waals surface area contributed by atoms with Crippen LogP contribution in [0.3, 0.4) is 0 Å². The molecule has 0 heterocycles. The van der Waals surface area contributed by atoms with Crippen molar-refractivity contribution in [1.82, 2.24) is 5.32 Å². The molecule has 0 bridgehead atoms. The Morgan fingerprint density at radius 2 is 1.13 bits per heavy atom. The van der Waals surface area contributed by atoms with E-state index in [0.717, 1.165) is 64.2 Å². The summed E-state index contributed by atoms with van der Waals surface area (Å²) < 4.78 is 23.0. The first-order chi connectivity index (χ1) is 26.0. The summed E-state index contributed by atoms with van der Waals surface area (Å²) in [5, 5.41) is 13.6. The van der Waals surface area contributed by atoms with Crippen LogP contribution in [-0.2, 0) is 18.4 Å². The van der Waals surface area contributed by atoms with Crippen LogP contribution in [0.1, 0.15) is 117 Å². The highest BCUT2D eigenvalue weighted by atomic mass is 31.2. The molecule has 0 aliphatic heterocycles. The monoisotopic (exact) mass is 771 g/mol. The molecule has 54 heavy (non-hydrogen) atoms. The fourth-order valence-corrected chi connectivity index (χ4v) is 5.46. The number of nitrogens with zero attached hydrogens (tertiary/aromatic N) is 1. The molecular weight excluding hydrogens is 695 g/mol. The molecule has 0 aromatic carbocycles. The van der Waals surface area contributed by atoms with Crippen molar-refractivity contribution in [2.75, 3.05) is 40.9 Å². The van der Waals surface area contributed by atoms with Crippen LogP contribution in [0.15, 0.2) is 109 Å². The number of carbonyl (C=O) groups is 1. The highest BCUT2D eigenvalue weighted by Crippen LogP contribution is 2.38. The summed E-state index contributed by atoms with van der Waals surface area (Å²) in [6, 6.07) is -0.956. The average Bonchev–Trinajstić information content (AvgIpc) is 3.12. The van der Waals surface area contributed by atoms with E-state index in [1.54, 1.807) is 6.08 Å². The molecule has 3 unspecified atom stereocenters. The lowest BCUT2D eigenvalue weighted by atomic mass is 10.1. The number of allylic oxidation sites excluding steroid dienone is 17. The van der Waals surface area contributed by atoms with E-state index >= 15 is 0 Å². The molecular formula is C45H75N2O6P. The van der Waals surface area contributed by atoms with E-state index in [9.17, 15) is 19.4 Å². The number of unbranched alkanes of at least 4 members (excludes halogenated alkanes) is 5. The van der Waals surface area contributed by atoms with Crippen molar-refractivity contribution in [2.24, 2.45) is 0 Å². The molecule has 0 saturated heterocycles. The molecule has 0 aromatic heterocycles. The summed E-state index contributed by atoms with van der Waals surface area (Å²) in [4.78, 5) is 25.2. The molecule has 2 N–H and O–H groups in total. The molecule has 0 aliphatic rings. The van der Waals surface area contributed by atoms with E-state index in [4.69, 9.17) is 9.05 Å². The number of phosphoric acid groups is 1. The minimum absolute atomic E-state index is 0.0293. The number of hydrogen-bond donors (Lipinski definition) is 2. The van der Waals surface area contributed by atoms with Gasteiger partial charge in [0.05, 0.1) is 39.9 Å². The van der Waals surface area contributed by atoms with Crippen molar-refractivity contribution in [3.63, 3.8) is 0 Å². The lowest BCUT2D eigenvalue weighted by Crippen LogP contribution is -2.45. The maximum absolute atomic E-state index is 12.8. The lowest BCUT2D eigenvalue weighted by molar-refractivity contribution is -0.870. The van der Waals surface area contributed by atoms with Gasteiger partial charge in [0.1, 0.15) is 13.2 Å². The van der Waals surface area contributed by atoms with Gasteiger partial charge in [-0.1, -0.05) is 136 Å². The first kappa shape index (κ1) is 51.2. The van der Waals surface area contributed by atoms with Crippen LogP contribution in [0.4, 0.5) is 0 Å². The number of phosphoric ester groups is 1. The second-order valence-electron chi connectivity index (χ2n) is 14.2. The zero-order valence-corrected chi connectivity index (χ0v) is 35.3. The van der Waals surface area contributed by atoms with Gasteiger partial charge in [-0.05, 0) is 83.5 Å². The van der Waals surface area contributed by atoms with Crippen molar-refractivity contribution in [2.45, 2.75) is 129 Å². The van der Waals surface area contributed by atoms with Crippen LogP contribution in [0, 0.1) is 0 Å². The molecule has 0 rings (SSSR count). The van der Waals surface area contributed by atoms with Crippen molar-refractivity contribution in [3.8, 4) is 0 Å². The number of quaternary nitrogens is 1. The predicted molar refractivity (Wildman–Crippen MR) is 228 cm³/mol. The minimum Gasteiger partial charge on any atom is -0.756 e. The molecule has 0 aliphatic carbocycles. The van der Waals surface area contributed by atoms with Crippen LogP contribution in [0.2, 0.25) is 0 Å². The van der Waals surface area contributed by atoms with Crippen molar-refractivity contribution in [1.29, 1.82) is 0 Å². The fraction of sp³-hybridized carbons (Fsp3) is 0.578. The van der Waals surface area contributed by atoms with Crippen molar-refractivity contribution >= 4 is 13.7 Å². The van der Waals surface area contributed by atoms with E-state index in [0.29, 0.717) is 23.9 Å². The van der Waals surface area contributed by atoms with E-state index in [-0.39, 0.29) is 18.9 Å². The second-order valence-corrected chi connectivity index (χ2v) is 15.6. The van der Waals surface area contributed by atoms with Gasteiger partial charge < -0.3 is 28.8 Å². The Morgan fingerprint density at radius 3 is 1.63 bits per heavy atom. The third kappa shape index (κ3) is 37.5. The van der Waals surface area contributed by atoms with Crippen LogP contribution in [-0.4, -0.2) is 68.5 Å². The number of aliphatic hydroxyl groups is 1. The maximum Gasteiger partial charge on any atom is 0.268 e. The molecule has 0 saturated carbocycles. The van der Waals surface area contributed by atoms with E-state index in [1.165, 1.54) is 19.3 Å². The highest BCUT2D eigenvalue weighted by molar-refractivity contribution is 7.45. The smallest absolute Gasteiger partial charge is 0.268 e. The SMILES string of the molecule is CC/C=C\C/C=C\C/C=C\C/C=C\C/C=C\C/C=C\CCC(=O)NC(COP(=O)([O-])OCC[N+](C)(C)C)C(O)/C=C/CC/C=C/CC/C=C/CCCCC. The van der Waals surface area contributed by atoms with E-state index < -0.39 is 26.6 Å². The summed E-state index contributed by atoms with van der Waals surface area (Å²) in [7, 11) is 1.16. The topological polar surface area (TPSA) is 108 Å². The highest BCUT2D eigenvalue weighted by Gasteiger charge is 2.23. The number of carbonyl (C=O) groups excluding carboxylic acids is 1. The maximum atomic E-state index is 12.8. The van der Waals surface area contributed by atoms with Gasteiger partial charge >= 0.3 is 0 Å². The quantitative estimate of drug-likeness (QED) is 0.0292. The number of amides is 1. The van der Waals surface area contributed by atoms with E-state index in [2.05, 4.69) is 104 Å². The van der Waals surface area contributed by atoms with Gasteiger partial charge in [0.2, 0.25) is 5.91 Å². The predicted octanol–water partition coefficient (Wildman–Crippen LogP) is 10.3. The van der Waals surface area contributed by atoms with Crippen LogP contribution < -0.4 is 10.2 Å². The Hall–Kier alpha value is -2.84. The van der Waals surface area contributed by atoms with Crippen LogP contribution in [0.25, 0.3) is 0 Å². The summed E-state index contributed by atoms with van der Waals surface area (Å²) in [6.45, 7) is 4.36. The van der Waals surface area contributed by atoms with Crippen LogP contribution in [0.5, 0.6) is 0 Å². The zero-order valence-electron chi connectivity index (χ0n) is 34.4. The largest absolute Gasteiger partial charge is 0.756 e. The van der Waals surface area contributed by atoms with Gasteiger partial charge in [0.25, 0.3) is 7.82 Å². The summed E-state index contributed by atoms with van der Waals surface area (Å²) in [5.41, 5.74) is 0. The Labute approximate surface area is 330 Å². The van der Waals surface area contributed by atoms with Crippen LogP contribution >= 0.6 is 7.82 Å². The molecule has 306 valence electrons. The molecule has 1 amide bonds. The van der Waals surface area contributed by atoms with Gasteiger partial charge in [-0.2, -0.15) is 0 Å². The summed E-state index contributed by atoms with van der Waals surface area (Å²) in [6.07, 6.45) is 51.5. The van der Waals surface area contributed by atoms with E-state index in [1.807, 2.05) is 39.4 Å². The molecule has 3 atom stereocenters. The first-order valence-corrected chi connectivity index (χ1v) is 21.7. The lowest BCUT2D eigenvalue weighted by Gasteiger charge is -2.29. The molecule has 0 fully saturated rings. The number of aliphatic hydroxyl groups excluding tert-OH is 1. The number of likely N-dealkylation sites (N-methyl/N-ethyl adjacent to an activating group) is 1. The first-order valence-electron chi connectivity index (χ1n) is 20.2. The van der Waals surface area contributed by atoms with Gasteiger partial charge in [0, 0.05) is 6.42 Å². The Balaban J connectivity index is 4.71. The summed E-state index contributed by atoms with van der Waals surface area (Å²) in [5.74, 6) is -0.301. The third-order valence-corrected chi connectivity index (χ3v) is 8.92. The Morgan fingerprint density at radius 1 is 0.667 bits per heavy atom. The number of hydrogen-bond acceptors (Lipinski definition) is 6. The van der Waals surface area contributed by atoms with Crippen molar-refractivity contribution < 1.29 is 32.9 Å². The molecule has 0 spiro atoms. The second kappa shape index (κ2) is 35.8. The molecule has 0 aromatic rings.